The van der Waals surface area contributed by atoms with Crippen LogP contribution in [0.5, 0.6) is 0 Å². The van der Waals surface area contributed by atoms with Crippen LogP contribution in [0.15, 0.2) is 17.8 Å². The zero-order valence-corrected chi connectivity index (χ0v) is 14.9. The largest absolute Gasteiger partial charge is 0.352 e. The van der Waals surface area contributed by atoms with E-state index in [4.69, 9.17) is 5.73 Å². The molecule has 1 saturated carbocycles. The number of amides is 1. The summed E-state index contributed by atoms with van der Waals surface area (Å²) in [7, 11) is 0. The van der Waals surface area contributed by atoms with E-state index in [9.17, 15) is 4.79 Å². The molecule has 3 heterocycles. The van der Waals surface area contributed by atoms with Crippen molar-refractivity contribution in [1.82, 2.24) is 14.9 Å². The monoisotopic (exact) mass is 375 g/mol. The van der Waals surface area contributed by atoms with Crippen LogP contribution in [0.2, 0.25) is 0 Å². The van der Waals surface area contributed by atoms with E-state index in [1.807, 2.05) is 16.3 Å². The van der Waals surface area contributed by atoms with Gasteiger partial charge in [-0.25, -0.2) is 9.97 Å². The zero-order valence-electron chi connectivity index (χ0n) is 12.5. The molecule has 0 bridgehead atoms. The van der Waals surface area contributed by atoms with Gasteiger partial charge < -0.3 is 15.5 Å². The van der Waals surface area contributed by atoms with Crippen molar-refractivity contribution < 1.29 is 4.79 Å². The first kappa shape index (κ1) is 18.2. The number of anilines is 1. The minimum Gasteiger partial charge on any atom is -0.352 e. The van der Waals surface area contributed by atoms with Gasteiger partial charge in [-0.05, 0) is 24.3 Å². The molecule has 4 rings (SSSR count). The second-order valence-corrected chi connectivity index (χ2v) is 6.68. The molecular weight excluding hydrogens is 357 g/mol. The van der Waals surface area contributed by atoms with Gasteiger partial charge >= 0.3 is 0 Å². The molecule has 1 saturated heterocycles. The highest BCUT2D eigenvalue weighted by molar-refractivity contribution is 7.17. The van der Waals surface area contributed by atoms with E-state index in [1.165, 1.54) is 0 Å². The van der Waals surface area contributed by atoms with Crippen molar-refractivity contribution in [2.45, 2.75) is 18.4 Å². The second kappa shape index (κ2) is 6.76. The number of nitrogens with zero attached hydrogens (tertiary/aromatic N) is 4. The quantitative estimate of drug-likeness (QED) is 0.863. The average molecular weight is 376 g/mol. The fourth-order valence-corrected chi connectivity index (χ4v) is 3.65. The van der Waals surface area contributed by atoms with Gasteiger partial charge in [-0.2, -0.15) is 0 Å². The lowest BCUT2D eigenvalue weighted by atomic mass is 10.2. The number of piperazine rings is 1. The summed E-state index contributed by atoms with van der Waals surface area (Å²) >= 11 is 1.66. The van der Waals surface area contributed by atoms with Crippen molar-refractivity contribution in [2.75, 3.05) is 31.1 Å². The maximum absolute atomic E-state index is 12.3. The van der Waals surface area contributed by atoms with Crippen LogP contribution < -0.4 is 10.6 Å². The Balaban J connectivity index is 0.000000960. The molecule has 1 amide bonds. The van der Waals surface area contributed by atoms with E-state index in [1.54, 1.807) is 17.7 Å². The maximum Gasteiger partial charge on any atom is 0.242 e. The summed E-state index contributed by atoms with van der Waals surface area (Å²) < 4.78 is 1.12. The van der Waals surface area contributed by atoms with E-state index in [-0.39, 0.29) is 30.7 Å². The SMILES string of the molecule is Cl.Cl.NC1(C(=O)N2CCN(c3ncnc4ccsc34)CC2)CC1. The lowest BCUT2D eigenvalue weighted by Crippen LogP contribution is -2.54. The number of thiophene rings is 1. The van der Waals surface area contributed by atoms with Crippen LogP contribution in [0.3, 0.4) is 0 Å². The zero-order chi connectivity index (χ0) is 14.4. The molecule has 0 aromatic carbocycles. The summed E-state index contributed by atoms with van der Waals surface area (Å²) in [5, 5.41) is 2.04. The van der Waals surface area contributed by atoms with Gasteiger partial charge in [0.05, 0.1) is 15.8 Å². The van der Waals surface area contributed by atoms with Crippen molar-refractivity contribution in [2.24, 2.45) is 5.73 Å². The van der Waals surface area contributed by atoms with Gasteiger partial charge in [0.25, 0.3) is 0 Å². The molecule has 126 valence electrons. The maximum atomic E-state index is 12.3. The molecule has 2 aromatic rings. The lowest BCUT2D eigenvalue weighted by molar-refractivity contribution is -0.133. The molecule has 9 heteroatoms. The van der Waals surface area contributed by atoms with E-state index < -0.39 is 5.54 Å². The Morgan fingerprint density at radius 2 is 1.87 bits per heavy atom. The van der Waals surface area contributed by atoms with Crippen LogP contribution in [0.4, 0.5) is 5.82 Å². The smallest absolute Gasteiger partial charge is 0.242 e. The number of hydrogen-bond acceptors (Lipinski definition) is 6. The summed E-state index contributed by atoms with van der Waals surface area (Å²) in [5.74, 6) is 1.10. The molecule has 1 aliphatic carbocycles. The van der Waals surface area contributed by atoms with Gasteiger partial charge in [-0.3, -0.25) is 4.79 Å². The number of fused-ring (bicyclic) bond motifs is 1. The van der Waals surface area contributed by atoms with Crippen molar-refractivity contribution in [3.8, 4) is 0 Å². The standard InChI is InChI=1S/C14H17N5OS.2ClH/c15-14(2-3-14)13(20)19-6-4-18(5-7-19)12-11-10(1-8-21-11)16-9-17-12;;/h1,8-9H,2-7,15H2;2*1H. The number of carbonyl (C=O) groups is 1. The summed E-state index contributed by atoms with van der Waals surface area (Å²) in [6.45, 7) is 3.03. The Morgan fingerprint density at radius 1 is 1.17 bits per heavy atom. The third-order valence-corrected chi connectivity index (χ3v) is 5.20. The van der Waals surface area contributed by atoms with Crippen LogP contribution in [-0.4, -0.2) is 52.5 Å². The van der Waals surface area contributed by atoms with Crippen molar-refractivity contribution in [3.05, 3.63) is 17.8 Å². The van der Waals surface area contributed by atoms with E-state index in [0.29, 0.717) is 13.1 Å². The van der Waals surface area contributed by atoms with Crippen molar-refractivity contribution >= 4 is 58.1 Å². The fourth-order valence-electron chi connectivity index (χ4n) is 2.79. The number of carbonyl (C=O) groups excluding carboxylic acids is 1. The Kier molecular flexibility index (Phi) is 5.35. The predicted octanol–water partition coefficient (Wildman–Crippen LogP) is 1.67. The Hall–Kier alpha value is -1.15. The van der Waals surface area contributed by atoms with Crippen LogP contribution >= 0.6 is 36.2 Å². The number of halogens is 2. The molecule has 0 spiro atoms. The Labute approximate surface area is 150 Å². The van der Waals surface area contributed by atoms with Crippen LogP contribution in [0.25, 0.3) is 10.2 Å². The molecule has 0 unspecified atom stereocenters. The van der Waals surface area contributed by atoms with Gasteiger partial charge in [0.1, 0.15) is 12.1 Å². The van der Waals surface area contributed by atoms with Crippen molar-refractivity contribution in [1.29, 1.82) is 0 Å². The third kappa shape index (κ3) is 3.24. The highest BCUT2D eigenvalue weighted by Gasteiger charge is 2.48. The average Bonchev–Trinajstić information content (AvgIpc) is 3.09. The molecule has 1 aliphatic heterocycles. The summed E-state index contributed by atoms with van der Waals surface area (Å²) in [5.41, 5.74) is 6.43. The molecule has 23 heavy (non-hydrogen) atoms. The highest BCUT2D eigenvalue weighted by atomic mass is 35.5. The third-order valence-electron chi connectivity index (χ3n) is 4.31. The summed E-state index contributed by atoms with van der Waals surface area (Å²) in [6.07, 6.45) is 3.27. The minimum atomic E-state index is -0.557. The molecule has 2 N–H and O–H groups in total. The van der Waals surface area contributed by atoms with E-state index >= 15 is 0 Å². The van der Waals surface area contributed by atoms with E-state index in [0.717, 1.165) is 42.0 Å². The first-order valence-electron chi connectivity index (χ1n) is 7.19. The fraction of sp³-hybridized carbons (Fsp3) is 0.500. The highest BCUT2D eigenvalue weighted by Crippen LogP contribution is 2.35. The first-order valence-corrected chi connectivity index (χ1v) is 8.07. The molecule has 2 fully saturated rings. The number of rotatable bonds is 2. The molecule has 2 aliphatic rings. The van der Waals surface area contributed by atoms with Crippen LogP contribution in [0, 0.1) is 0 Å². The van der Waals surface area contributed by atoms with Crippen LogP contribution in [-0.2, 0) is 4.79 Å². The number of aromatic nitrogens is 2. The van der Waals surface area contributed by atoms with Gasteiger partial charge in [-0.15, -0.1) is 36.2 Å². The minimum absolute atomic E-state index is 0. The number of nitrogens with two attached hydrogens (primary N) is 1. The molecule has 0 atom stereocenters. The van der Waals surface area contributed by atoms with Crippen LogP contribution in [0.1, 0.15) is 12.8 Å². The topological polar surface area (TPSA) is 75.4 Å². The second-order valence-electron chi connectivity index (χ2n) is 5.77. The molecule has 2 aromatic heterocycles. The summed E-state index contributed by atoms with van der Waals surface area (Å²) in [4.78, 5) is 25.1. The number of hydrogen-bond donors (Lipinski definition) is 1. The lowest BCUT2D eigenvalue weighted by Gasteiger charge is -2.36. The predicted molar refractivity (Wildman–Crippen MR) is 96.9 cm³/mol. The van der Waals surface area contributed by atoms with Gasteiger partial charge in [0, 0.05) is 26.2 Å². The molecular formula is C14H19Cl2N5OS. The Bertz CT molecular complexity index is 697. The normalized spacial score (nSPS) is 19.0. The Morgan fingerprint density at radius 3 is 2.52 bits per heavy atom. The molecule has 0 radical (unpaired) electrons. The molecule has 6 nitrogen and oxygen atoms in total. The first-order chi connectivity index (χ1) is 10.2. The summed E-state index contributed by atoms with van der Waals surface area (Å²) in [6, 6.07) is 2.01. The van der Waals surface area contributed by atoms with E-state index in [2.05, 4.69) is 14.9 Å². The van der Waals surface area contributed by atoms with Gasteiger partial charge in [-0.1, -0.05) is 0 Å². The van der Waals surface area contributed by atoms with Gasteiger partial charge in [0.2, 0.25) is 5.91 Å². The van der Waals surface area contributed by atoms with Gasteiger partial charge in [0.15, 0.2) is 0 Å². The van der Waals surface area contributed by atoms with Crippen molar-refractivity contribution in [3.63, 3.8) is 0 Å².